The second kappa shape index (κ2) is 5.72. The van der Waals surface area contributed by atoms with E-state index >= 15 is 0 Å². The average Bonchev–Trinajstić information content (AvgIpc) is 2.22. The molecule has 1 amide bonds. The molecule has 0 bridgehead atoms. The predicted molar refractivity (Wildman–Crippen MR) is 62.0 cm³/mol. The van der Waals surface area contributed by atoms with Gasteiger partial charge in [-0.3, -0.25) is 9.59 Å². The first-order valence-electron chi connectivity index (χ1n) is 4.46. The smallest absolute Gasteiger partial charge is 0.303 e. The molecule has 0 unspecified atom stereocenters. The van der Waals surface area contributed by atoms with Crippen LogP contribution in [0, 0.1) is 0 Å². The van der Waals surface area contributed by atoms with Gasteiger partial charge in [0.15, 0.2) is 0 Å². The lowest BCUT2D eigenvalue weighted by atomic mass is 10.2. The fourth-order valence-electron chi connectivity index (χ4n) is 1.03. The Morgan fingerprint density at radius 3 is 2.56 bits per heavy atom. The van der Waals surface area contributed by atoms with Gasteiger partial charge in [0, 0.05) is 6.42 Å². The number of carboxylic acid groups (broad SMARTS) is 1. The van der Waals surface area contributed by atoms with Crippen LogP contribution in [-0.2, 0) is 9.59 Å². The summed E-state index contributed by atoms with van der Waals surface area (Å²) in [4.78, 5) is 21.6. The largest absolute Gasteiger partial charge is 0.481 e. The fraction of sp³-hybridized carbons (Fsp3) is 0.200. The van der Waals surface area contributed by atoms with Crippen molar-refractivity contribution in [1.82, 2.24) is 0 Å². The summed E-state index contributed by atoms with van der Waals surface area (Å²) in [6.45, 7) is 0. The third-order valence-electron chi connectivity index (χ3n) is 1.79. The molecule has 0 aliphatic rings. The molecular weight excluding hydrogens is 253 g/mol. The number of amides is 1. The number of hydrogen-bond donors (Lipinski definition) is 2. The zero-order valence-corrected chi connectivity index (χ0v) is 9.68. The van der Waals surface area contributed by atoms with Crippen LogP contribution in [0.15, 0.2) is 18.2 Å². The summed E-state index contributed by atoms with van der Waals surface area (Å²) in [7, 11) is 0. The standard InChI is InChI=1S/C10H9Cl2NO3/c11-6-2-1-3-7(10(6)12)13-8(14)4-5-9(15)16/h1-3H,4-5H2,(H,13,14)(H,15,16). The molecular formula is C10H9Cl2NO3. The normalized spacial score (nSPS) is 9.88. The zero-order chi connectivity index (χ0) is 12.1. The van der Waals surface area contributed by atoms with E-state index in [1.807, 2.05) is 0 Å². The molecule has 0 atom stereocenters. The third kappa shape index (κ3) is 3.72. The highest BCUT2D eigenvalue weighted by Crippen LogP contribution is 2.29. The highest BCUT2D eigenvalue weighted by Gasteiger charge is 2.09. The Morgan fingerprint density at radius 1 is 1.25 bits per heavy atom. The molecule has 86 valence electrons. The minimum absolute atomic E-state index is 0.0990. The molecule has 0 saturated carbocycles. The Morgan fingerprint density at radius 2 is 1.94 bits per heavy atom. The van der Waals surface area contributed by atoms with Gasteiger partial charge >= 0.3 is 5.97 Å². The zero-order valence-electron chi connectivity index (χ0n) is 8.17. The van der Waals surface area contributed by atoms with Gasteiger partial charge in [-0.25, -0.2) is 0 Å². The first-order valence-corrected chi connectivity index (χ1v) is 5.22. The van der Waals surface area contributed by atoms with Gasteiger partial charge in [0.1, 0.15) is 0 Å². The highest BCUT2D eigenvalue weighted by atomic mass is 35.5. The molecule has 0 aliphatic heterocycles. The van der Waals surface area contributed by atoms with E-state index in [1.165, 1.54) is 0 Å². The molecule has 0 radical (unpaired) electrons. The molecule has 2 N–H and O–H groups in total. The number of benzene rings is 1. The van der Waals surface area contributed by atoms with E-state index in [2.05, 4.69) is 5.32 Å². The van der Waals surface area contributed by atoms with Crippen molar-refractivity contribution in [2.75, 3.05) is 5.32 Å². The average molecular weight is 262 g/mol. The number of rotatable bonds is 4. The molecule has 6 heteroatoms. The van der Waals surface area contributed by atoms with Gasteiger partial charge < -0.3 is 10.4 Å². The molecule has 0 aromatic heterocycles. The van der Waals surface area contributed by atoms with Crippen molar-refractivity contribution < 1.29 is 14.7 Å². The minimum atomic E-state index is -1.02. The number of carbonyl (C=O) groups is 2. The van der Waals surface area contributed by atoms with Crippen LogP contribution in [0.25, 0.3) is 0 Å². The number of carboxylic acids is 1. The van der Waals surface area contributed by atoms with Crippen molar-refractivity contribution >= 4 is 40.8 Å². The first-order chi connectivity index (χ1) is 7.50. The van der Waals surface area contributed by atoms with E-state index in [1.54, 1.807) is 18.2 Å². The summed E-state index contributed by atoms with van der Waals surface area (Å²) >= 11 is 11.6. The highest BCUT2D eigenvalue weighted by molar-refractivity contribution is 6.43. The molecule has 0 saturated heterocycles. The maximum atomic E-state index is 11.3. The summed E-state index contributed by atoms with van der Waals surface area (Å²) in [6.07, 6.45) is -0.317. The summed E-state index contributed by atoms with van der Waals surface area (Å²) in [5.41, 5.74) is 0.379. The molecule has 0 spiro atoms. The number of halogens is 2. The van der Waals surface area contributed by atoms with Crippen LogP contribution < -0.4 is 5.32 Å². The molecule has 0 heterocycles. The second-order valence-electron chi connectivity index (χ2n) is 3.04. The Balaban J connectivity index is 2.63. The van der Waals surface area contributed by atoms with E-state index in [0.29, 0.717) is 10.7 Å². The Bertz CT molecular complexity index is 421. The van der Waals surface area contributed by atoms with E-state index < -0.39 is 11.9 Å². The van der Waals surface area contributed by atoms with Crippen molar-refractivity contribution in [2.45, 2.75) is 12.8 Å². The van der Waals surface area contributed by atoms with Gasteiger partial charge in [-0.05, 0) is 12.1 Å². The number of hydrogen-bond acceptors (Lipinski definition) is 2. The van der Waals surface area contributed by atoms with Crippen LogP contribution in [0.3, 0.4) is 0 Å². The Hall–Kier alpha value is -1.26. The summed E-state index contributed by atoms with van der Waals surface area (Å²) in [6, 6.07) is 4.82. The number of aliphatic carboxylic acids is 1. The van der Waals surface area contributed by atoms with Gasteiger partial charge in [0.25, 0.3) is 0 Å². The predicted octanol–water partition coefficient (Wildman–Crippen LogP) is 2.80. The molecule has 1 aromatic carbocycles. The molecule has 0 aliphatic carbocycles. The van der Waals surface area contributed by atoms with Gasteiger partial charge in [-0.2, -0.15) is 0 Å². The van der Waals surface area contributed by atoms with Crippen molar-refractivity contribution in [3.8, 4) is 0 Å². The third-order valence-corrected chi connectivity index (χ3v) is 2.61. The first kappa shape index (κ1) is 12.8. The lowest BCUT2D eigenvalue weighted by molar-refractivity contribution is -0.138. The van der Waals surface area contributed by atoms with Crippen LogP contribution >= 0.6 is 23.2 Å². The van der Waals surface area contributed by atoms with Crippen LogP contribution in [0.2, 0.25) is 10.0 Å². The fourth-order valence-corrected chi connectivity index (χ4v) is 1.38. The van der Waals surface area contributed by atoms with E-state index in [-0.39, 0.29) is 17.9 Å². The molecule has 0 fully saturated rings. The molecule has 1 aromatic rings. The lowest BCUT2D eigenvalue weighted by Gasteiger charge is -2.07. The maximum absolute atomic E-state index is 11.3. The quantitative estimate of drug-likeness (QED) is 0.876. The lowest BCUT2D eigenvalue weighted by Crippen LogP contribution is -2.13. The SMILES string of the molecule is O=C(O)CCC(=O)Nc1cccc(Cl)c1Cl. The van der Waals surface area contributed by atoms with E-state index in [0.717, 1.165) is 0 Å². The van der Waals surface area contributed by atoms with Gasteiger partial charge in [0.05, 0.1) is 22.2 Å². The summed E-state index contributed by atoms with van der Waals surface area (Å²) < 4.78 is 0. The van der Waals surface area contributed by atoms with Gasteiger partial charge in [-0.1, -0.05) is 29.3 Å². The van der Waals surface area contributed by atoms with E-state index in [4.69, 9.17) is 28.3 Å². The maximum Gasteiger partial charge on any atom is 0.303 e. The van der Waals surface area contributed by atoms with Crippen molar-refractivity contribution in [1.29, 1.82) is 0 Å². The van der Waals surface area contributed by atoms with Gasteiger partial charge in [-0.15, -0.1) is 0 Å². The van der Waals surface area contributed by atoms with E-state index in [9.17, 15) is 9.59 Å². The minimum Gasteiger partial charge on any atom is -0.481 e. The Labute approximate surface area is 102 Å². The van der Waals surface area contributed by atoms with Crippen LogP contribution in [0.1, 0.15) is 12.8 Å². The summed E-state index contributed by atoms with van der Waals surface area (Å²) in [5.74, 6) is -1.43. The molecule has 16 heavy (non-hydrogen) atoms. The van der Waals surface area contributed by atoms with Crippen LogP contribution in [0.5, 0.6) is 0 Å². The number of anilines is 1. The van der Waals surface area contributed by atoms with Gasteiger partial charge in [0.2, 0.25) is 5.91 Å². The van der Waals surface area contributed by atoms with Crippen LogP contribution in [-0.4, -0.2) is 17.0 Å². The topological polar surface area (TPSA) is 66.4 Å². The summed E-state index contributed by atoms with van der Waals surface area (Å²) in [5, 5.41) is 11.5. The van der Waals surface area contributed by atoms with Crippen LogP contribution in [0.4, 0.5) is 5.69 Å². The Kier molecular flexibility index (Phi) is 4.58. The van der Waals surface area contributed by atoms with Crippen molar-refractivity contribution in [2.24, 2.45) is 0 Å². The van der Waals surface area contributed by atoms with Crippen molar-refractivity contribution in [3.63, 3.8) is 0 Å². The van der Waals surface area contributed by atoms with Crippen molar-refractivity contribution in [3.05, 3.63) is 28.2 Å². The monoisotopic (exact) mass is 261 g/mol. The number of nitrogens with one attached hydrogen (secondary N) is 1. The molecule has 4 nitrogen and oxygen atoms in total. The second-order valence-corrected chi connectivity index (χ2v) is 3.83. The molecule has 1 rings (SSSR count). The number of carbonyl (C=O) groups excluding carboxylic acids is 1.